The van der Waals surface area contributed by atoms with E-state index < -0.39 is 10.0 Å². The molecule has 2 aromatic rings. The number of nitrogens with zero attached hydrogens (tertiary/aromatic N) is 2. The summed E-state index contributed by atoms with van der Waals surface area (Å²) in [6.07, 6.45) is 3.21. The molecule has 1 aliphatic carbocycles. The van der Waals surface area contributed by atoms with Crippen molar-refractivity contribution < 1.29 is 17.9 Å². The van der Waals surface area contributed by atoms with Gasteiger partial charge in [0.05, 0.1) is 12.8 Å². The van der Waals surface area contributed by atoms with Crippen molar-refractivity contribution in [1.29, 1.82) is 0 Å². The minimum absolute atomic E-state index is 0.0953. The quantitative estimate of drug-likeness (QED) is 0.650. The van der Waals surface area contributed by atoms with Crippen molar-refractivity contribution in [3.05, 3.63) is 45.4 Å². The zero-order valence-corrected chi connectivity index (χ0v) is 21.1. The van der Waals surface area contributed by atoms with E-state index in [-0.39, 0.29) is 10.8 Å². The maximum Gasteiger partial charge on any atom is 0.263 e. The van der Waals surface area contributed by atoms with Crippen molar-refractivity contribution in [2.75, 3.05) is 37.4 Å². The molecular formula is C23H28BrN3O4S. The molecule has 0 saturated heterocycles. The second-order valence-corrected chi connectivity index (χ2v) is 11.1. The van der Waals surface area contributed by atoms with Gasteiger partial charge in [-0.1, -0.05) is 0 Å². The second-order valence-electron chi connectivity index (χ2n) is 8.57. The molecule has 1 unspecified atom stereocenters. The number of fused-ring (bicyclic) bond motifs is 2. The maximum absolute atomic E-state index is 13.4. The van der Waals surface area contributed by atoms with Gasteiger partial charge in [-0.2, -0.15) is 0 Å². The van der Waals surface area contributed by atoms with E-state index >= 15 is 0 Å². The fourth-order valence-corrected chi connectivity index (χ4v) is 6.88. The molecule has 0 aromatic heterocycles. The smallest absolute Gasteiger partial charge is 0.263 e. The lowest BCUT2D eigenvalue weighted by molar-refractivity contribution is -0.116. The highest BCUT2D eigenvalue weighted by atomic mass is 79.9. The van der Waals surface area contributed by atoms with Gasteiger partial charge in [0.15, 0.2) is 0 Å². The number of likely N-dealkylation sites (N-methyl/N-ethyl adjacent to an activating group) is 1. The third-order valence-electron chi connectivity index (χ3n) is 6.45. The zero-order chi connectivity index (χ0) is 23.2. The van der Waals surface area contributed by atoms with Gasteiger partial charge in [0.25, 0.3) is 10.0 Å². The summed E-state index contributed by atoms with van der Waals surface area (Å²) in [6, 6.07) is 7.37. The van der Waals surface area contributed by atoms with Crippen LogP contribution in [0.3, 0.4) is 0 Å². The number of carbonyl (C=O) groups is 1. The molecular weight excluding hydrogens is 494 g/mol. The highest BCUT2D eigenvalue weighted by Crippen LogP contribution is 2.39. The van der Waals surface area contributed by atoms with Crippen molar-refractivity contribution in [2.24, 2.45) is 0 Å². The lowest BCUT2D eigenvalue weighted by Gasteiger charge is -2.32. The number of halogens is 1. The molecule has 0 bridgehead atoms. The number of amides is 1. The predicted octanol–water partition coefficient (Wildman–Crippen LogP) is 3.59. The van der Waals surface area contributed by atoms with Crippen molar-refractivity contribution in [3.63, 3.8) is 0 Å². The highest BCUT2D eigenvalue weighted by Gasteiger charge is 2.30. The average Bonchev–Trinajstić information content (AvgIpc) is 3.15. The number of hydrogen-bond donors (Lipinski definition) is 1. The van der Waals surface area contributed by atoms with Gasteiger partial charge in [-0.25, -0.2) is 8.42 Å². The van der Waals surface area contributed by atoms with Gasteiger partial charge in [-0.3, -0.25) is 9.52 Å². The monoisotopic (exact) mass is 521 g/mol. The molecule has 7 nitrogen and oxygen atoms in total. The molecule has 0 saturated carbocycles. The number of benzene rings is 2. The van der Waals surface area contributed by atoms with Crippen molar-refractivity contribution in [3.8, 4) is 5.75 Å². The number of sulfonamides is 1. The highest BCUT2D eigenvalue weighted by molar-refractivity contribution is 9.10. The van der Waals surface area contributed by atoms with Crippen LogP contribution in [-0.2, 0) is 34.1 Å². The minimum Gasteiger partial charge on any atom is -0.496 e. The van der Waals surface area contributed by atoms with Crippen LogP contribution < -0.4 is 14.4 Å². The van der Waals surface area contributed by atoms with Crippen LogP contribution >= 0.6 is 15.9 Å². The summed E-state index contributed by atoms with van der Waals surface area (Å²) in [6.45, 7) is 2.06. The van der Waals surface area contributed by atoms with Gasteiger partial charge < -0.3 is 14.5 Å². The Morgan fingerprint density at radius 2 is 1.97 bits per heavy atom. The molecule has 0 fully saturated rings. The van der Waals surface area contributed by atoms with E-state index in [2.05, 4.69) is 39.6 Å². The Morgan fingerprint density at radius 3 is 2.62 bits per heavy atom. The minimum atomic E-state index is -3.88. The molecule has 2 aliphatic rings. The Balaban J connectivity index is 1.72. The third-order valence-corrected chi connectivity index (χ3v) is 8.77. The van der Waals surface area contributed by atoms with E-state index in [1.54, 1.807) is 30.2 Å². The largest absolute Gasteiger partial charge is 0.496 e. The lowest BCUT2D eigenvalue weighted by atomic mass is 9.86. The Hall–Kier alpha value is -2.10. The van der Waals surface area contributed by atoms with E-state index in [0.29, 0.717) is 34.9 Å². The van der Waals surface area contributed by atoms with Crippen molar-refractivity contribution in [2.45, 2.75) is 43.5 Å². The Morgan fingerprint density at radius 1 is 1.22 bits per heavy atom. The van der Waals surface area contributed by atoms with Gasteiger partial charge in [0.1, 0.15) is 10.6 Å². The normalized spacial score (nSPS) is 17.8. The molecule has 1 N–H and O–H groups in total. The summed E-state index contributed by atoms with van der Waals surface area (Å²) in [5, 5.41) is 0. The van der Waals surface area contributed by atoms with Crippen LogP contribution in [0, 0.1) is 0 Å². The fourth-order valence-electron chi connectivity index (χ4n) is 4.68. The standard InChI is InChI=1S/C23H28BrN3O4S/c1-14(28)27-10-9-15-11-19(24)23(13-21(15)27)32(29,30)25-20-7-8-22(31-4)18-12-16(26(2)3)5-6-17(18)20/h7-8,11,13,16,25H,5-6,9-10,12H2,1-4H3. The summed E-state index contributed by atoms with van der Waals surface area (Å²) in [5.41, 5.74) is 4.23. The van der Waals surface area contributed by atoms with Crippen molar-refractivity contribution >= 4 is 43.2 Å². The Kier molecular flexibility index (Phi) is 6.26. The number of anilines is 2. The van der Waals surface area contributed by atoms with Crippen LogP contribution in [0.2, 0.25) is 0 Å². The van der Waals surface area contributed by atoms with Crippen LogP contribution in [0.5, 0.6) is 5.75 Å². The molecule has 1 amide bonds. The molecule has 0 radical (unpaired) electrons. The average molecular weight is 522 g/mol. The number of hydrogen-bond acceptors (Lipinski definition) is 5. The summed E-state index contributed by atoms with van der Waals surface area (Å²) in [4.78, 5) is 15.9. The predicted molar refractivity (Wildman–Crippen MR) is 129 cm³/mol. The summed E-state index contributed by atoms with van der Waals surface area (Å²) >= 11 is 3.43. The van der Waals surface area contributed by atoms with Crippen LogP contribution in [0.15, 0.2) is 33.6 Å². The zero-order valence-electron chi connectivity index (χ0n) is 18.7. The number of nitrogens with one attached hydrogen (secondary N) is 1. The number of ether oxygens (including phenoxy) is 1. The Labute approximate surface area is 197 Å². The van der Waals surface area contributed by atoms with Crippen LogP contribution in [-0.4, -0.2) is 53.0 Å². The van der Waals surface area contributed by atoms with Crippen LogP contribution in [0.4, 0.5) is 11.4 Å². The van der Waals surface area contributed by atoms with Crippen LogP contribution in [0.1, 0.15) is 30.0 Å². The summed E-state index contributed by atoms with van der Waals surface area (Å²) in [7, 11) is 1.88. The SMILES string of the molecule is COc1ccc(NS(=O)(=O)c2cc3c(cc2Br)CCN3C(C)=O)c2c1CC(N(C)C)CC2. The van der Waals surface area contributed by atoms with E-state index in [1.807, 2.05) is 6.07 Å². The summed E-state index contributed by atoms with van der Waals surface area (Å²) in [5.74, 6) is 0.687. The van der Waals surface area contributed by atoms with E-state index in [1.165, 1.54) is 6.92 Å². The first-order valence-corrected chi connectivity index (χ1v) is 12.9. The van der Waals surface area contributed by atoms with E-state index in [4.69, 9.17) is 4.74 Å². The third kappa shape index (κ3) is 4.13. The molecule has 1 atom stereocenters. The second kappa shape index (κ2) is 8.68. The molecule has 1 aliphatic heterocycles. The first kappa shape index (κ1) is 23.1. The van der Waals surface area contributed by atoms with Gasteiger partial charge in [-0.05, 0) is 91.1 Å². The Bertz CT molecular complexity index is 1180. The van der Waals surface area contributed by atoms with Gasteiger partial charge in [0.2, 0.25) is 5.91 Å². The van der Waals surface area contributed by atoms with E-state index in [0.717, 1.165) is 41.7 Å². The van der Waals surface area contributed by atoms with Gasteiger partial charge >= 0.3 is 0 Å². The first-order chi connectivity index (χ1) is 15.1. The molecule has 2 aromatic carbocycles. The molecule has 4 rings (SSSR count). The van der Waals surface area contributed by atoms with Gasteiger partial charge in [0, 0.05) is 35.2 Å². The van der Waals surface area contributed by atoms with Gasteiger partial charge in [-0.15, -0.1) is 0 Å². The fraction of sp³-hybridized carbons (Fsp3) is 0.435. The first-order valence-electron chi connectivity index (χ1n) is 10.6. The number of carbonyl (C=O) groups excluding carboxylic acids is 1. The summed E-state index contributed by atoms with van der Waals surface area (Å²) < 4.78 is 35.7. The van der Waals surface area contributed by atoms with Crippen LogP contribution in [0.25, 0.3) is 0 Å². The molecule has 0 spiro atoms. The number of rotatable bonds is 5. The molecule has 32 heavy (non-hydrogen) atoms. The topological polar surface area (TPSA) is 79.0 Å². The molecule has 172 valence electrons. The maximum atomic E-state index is 13.4. The van der Waals surface area contributed by atoms with Crippen molar-refractivity contribution in [1.82, 2.24) is 4.90 Å². The molecule has 1 heterocycles. The van der Waals surface area contributed by atoms with E-state index in [9.17, 15) is 13.2 Å². The lowest BCUT2D eigenvalue weighted by Crippen LogP contribution is -2.34. The molecule has 9 heteroatoms. The number of methoxy groups -OCH3 is 1.